The Balaban J connectivity index is 2.13. The van der Waals surface area contributed by atoms with E-state index in [0.29, 0.717) is 5.56 Å². The quantitative estimate of drug-likeness (QED) is 0.731. The molecule has 2 aromatic rings. The van der Waals surface area contributed by atoms with Gasteiger partial charge in [0.05, 0.1) is 0 Å². The lowest BCUT2D eigenvalue weighted by Crippen LogP contribution is -2.47. The smallest absolute Gasteiger partial charge is 0.251 e. The van der Waals surface area contributed by atoms with Crippen LogP contribution >= 0.6 is 11.8 Å². The summed E-state index contributed by atoms with van der Waals surface area (Å²) in [5.74, 6) is -0.410. The van der Waals surface area contributed by atoms with E-state index in [0.717, 1.165) is 17.0 Å². The molecule has 2 amide bonds. The van der Waals surface area contributed by atoms with Gasteiger partial charge in [-0.25, -0.2) is 0 Å². The van der Waals surface area contributed by atoms with E-state index in [4.69, 9.17) is 0 Å². The Morgan fingerprint density at radius 2 is 1.80 bits per heavy atom. The summed E-state index contributed by atoms with van der Waals surface area (Å²) in [6.45, 7) is 3.97. The van der Waals surface area contributed by atoms with E-state index in [1.165, 1.54) is 0 Å². The van der Waals surface area contributed by atoms with Crippen molar-refractivity contribution in [3.8, 4) is 0 Å². The van der Waals surface area contributed by atoms with Crippen LogP contribution in [0.3, 0.4) is 0 Å². The van der Waals surface area contributed by atoms with Crippen LogP contribution in [0.25, 0.3) is 0 Å². The van der Waals surface area contributed by atoms with E-state index in [9.17, 15) is 9.59 Å². The van der Waals surface area contributed by atoms with Crippen molar-refractivity contribution in [3.63, 3.8) is 0 Å². The van der Waals surface area contributed by atoms with Gasteiger partial charge in [0.2, 0.25) is 5.91 Å². The van der Waals surface area contributed by atoms with E-state index in [-0.39, 0.29) is 17.7 Å². The topological polar surface area (TPSA) is 58.2 Å². The number of benzene rings is 2. The maximum absolute atomic E-state index is 12.7. The highest BCUT2D eigenvalue weighted by molar-refractivity contribution is 7.98. The van der Waals surface area contributed by atoms with E-state index in [2.05, 4.69) is 10.6 Å². The molecule has 0 aliphatic carbocycles. The molecule has 0 fully saturated rings. The summed E-state index contributed by atoms with van der Waals surface area (Å²) in [6, 6.07) is 16.0. The molecule has 0 radical (unpaired) electrons. The zero-order chi connectivity index (χ0) is 18.2. The van der Waals surface area contributed by atoms with Gasteiger partial charge in [-0.15, -0.1) is 11.8 Å². The summed E-state index contributed by atoms with van der Waals surface area (Å²) in [7, 11) is 0. The van der Waals surface area contributed by atoms with Crippen molar-refractivity contribution in [3.05, 3.63) is 60.2 Å². The highest BCUT2D eigenvalue weighted by Crippen LogP contribution is 2.20. The van der Waals surface area contributed by atoms with Crippen LogP contribution in [-0.4, -0.2) is 24.1 Å². The zero-order valence-electron chi connectivity index (χ0n) is 14.8. The van der Waals surface area contributed by atoms with Gasteiger partial charge in [-0.1, -0.05) is 44.5 Å². The molecule has 0 aliphatic heterocycles. The number of nitrogens with one attached hydrogen (secondary N) is 2. The first kappa shape index (κ1) is 19.1. The Morgan fingerprint density at radius 1 is 1.08 bits per heavy atom. The summed E-state index contributed by atoms with van der Waals surface area (Å²) >= 11 is 1.62. The summed E-state index contributed by atoms with van der Waals surface area (Å²) in [5.41, 5.74) is 1.28. The summed E-state index contributed by atoms with van der Waals surface area (Å²) in [6.07, 6.45) is 2.78. The Kier molecular flexibility index (Phi) is 7.07. The van der Waals surface area contributed by atoms with Crippen LogP contribution in [0.5, 0.6) is 0 Å². The van der Waals surface area contributed by atoms with Crippen molar-refractivity contribution in [2.75, 3.05) is 11.6 Å². The zero-order valence-corrected chi connectivity index (χ0v) is 15.6. The molecular weight excluding hydrogens is 332 g/mol. The number of anilines is 1. The minimum absolute atomic E-state index is 0.0244. The number of carbonyl (C=O) groups is 2. The molecular formula is C20H24N2O2S. The maximum atomic E-state index is 12.7. The van der Waals surface area contributed by atoms with Gasteiger partial charge in [-0.3, -0.25) is 9.59 Å². The fraction of sp³-hybridized carbons (Fsp3) is 0.300. The summed E-state index contributed by atoms with van der Waals surface area (Å²) < 4.78 is 0. The number of amides is 2. The molecule has 0 heterocycles. The van der Waals surface area contributed by atoms with Crippen LogP contribution in [0.1, 0.15) is 30.6 Å². The first-order chi connectivity index (χ1) is 12.0. The van der Waals surface area contributed by atoms with Gasteiger partial charge in [-0.05, 0) is 42.5 Å². The largest absolute Gasteiger partial charge is 0.340 e. The van der Waals surface area contributed by atoms with Crippen LogP contribution in [0.15, 0.2) is 59.5 Å². The predicted octanol–water partition coefficient (Wildman–Crippen LogP) is 4.19. The molecule has 25 heavy (non-hydrogen) atoms. The maximum Gasteiger partial charge on any atom is 0.251 e. The third-order valence-electron chi connectivity index (χ3n) is 4.16. The number of thioether (sulfide) groups is 1. The molecule has 2 rings (SSSR count). The average molecular weight is 356 g/mol. The van der Waals surface area contributed by atoms with Crippen LogP contribution in [0.4, 0.5) is 5.69 Å². The Morgan fingerprint density at radius 3 is 2.44 bits per heavy atom. The molecule has 5 heteroatoms. The number of rotatable bonds is 7. The van der Waals surface area contributed by atoms with Crippen molar-refractivity contribution in [1.82, 2.24) is 5.32 Å². The molecule has 2 unspecified atom stereocenters. The Hall–Kier alpha value is -2.27. The van der Waals surface area contributed by atoms with Crippen LogP contribution in [0.2, 0.25) is 0 Å². The average Bonchev–Trinajstić information content (AvgIpc) is 2.66. The van der Waals surface area contributed by atoms with Crippen LogP contribution in [0, 0.1) is 5.92 Å². The first-order valence-electron chi connectivity index (χ1n) is 8.36. The lowest BCUT2D eigenvalue weighted by atomic mass is 9.97. The number of carbonyl (C=O) groups excluding carboxylic acids is 2. The van der Waals surface area contributed by atoms with Gasteiger partial charge in [0.1, 0.15) is 6.04 Å². The Bertz CT molecular complexity index is 719. The second-order valence-electron chi connectivity index (χ2n) is 5.92. The lowest BCUT2D eigenvalue weighted by molar-refractivity contribution is -0.119. The fourth-order valence-electron chi connectivity index (χ4n) is 2.44. The minimum Gasteiger partial charge on any atom is -0.340 e. The molecule has 0 bridgehead atoms. The third kappa shape index (κ3) is 5.36. The van der Waals surface area contributed by atoms with E-state index >= 15 is 0 Å². The molecule has 0 spiro atoms. The monoisotopic (exact) mass is 356 g/mol. The van der Waals surface area contributed by atoms with Crippen molar-refractivity contribution in [2.45, 2.75) is 31.2 Å². The van der Waals surface area contributed by atoms with E-state index < -0.39 is 6.04 Å². The normalized spacial score (nSPS) is 12.9. The molecule has 2 aromatic carbocycles. The highest BCUT2D eigenvalue weighted by atomic mass is 32.2. The molecule has 0 saturated carbocycles. The third-order valence-corrected chi connectivity index (χ3v) is 4.88. The van der Waals surface area contributed by atoms with Gasteiger partial charge >= 0.3 is 0 Å². The van der Waals surface area contributed by atoms with Gasteiger partial charge in [0.25, 0.3) is 5.91 Å². The standard InChI is InChI=1S/C20H24N2O2S/c1-4-14(2)18(22-19(23)15-9-6-5-7-10-15)20(24)21-16-11-8-12-17(13-16)25-3/h5-14,18H,4H2,1-3H3,(H,21,24)(H,22,23). The van der Waals surface area contributed by atoms with Gasteiger partial charge in [0.15, 0.2) is 0 Å². The van der Waals surface area contributed by atoms with Crippen LogP contribution in [-0.2, 0) is 4.79 Å². The minimum atomic E-state index is -0.587. The van der Waals surface area contributed by atoms with E-state index in [1.807, 2.05) is 50.4 Å². The summed E-state index contributed by atoms with van der Waals surface area (Å²) in [5, 5.41) is 5.80. The molecule has 2 atom stereocenters. The van der Waals surface area contributed by atoms with E-state index in [1.54, 1.807) is 36.0 Å². The Labute approximate surface area is 153 Å². The van der Waals surface area contributed by atoms with Gasteiger partial charge < -0.3 is 10.6 Å². The highest BCUT2D eigenvalue weighted by Gasteiger charge is 2.26. The van der Waals surface area contributed by atoms with Gasteiger partial charge in [0, 0.05) is 16.1 Å². The first-order valence-corrected chi connectivity index (χ1v) is 9.58. The van der Waals surface area contributed by atoms with Crippen molar-refractivity contribution in [1.29, 1.82) is 0 Å². The molecule has 0 saturated heterocycles. The fourth-order valence-corrected chi connectivity index (χ4v) is 2.90. The summed E-state index contributed by atoms with van der Waals surface area (Å²) in [4.78, 5) is 26.3. The second-order valence-corrected chi connectivity index (χ2v) is 6.80. The number of hydrogen-bond donors (Lipinski definition) is 2. The molecule has 0 aromatic heterocycles. The SMILES string of the molecule is CCC(C)C(NC(=O)c1ccccc1)C(=O)Nc1cccc(SC)c1. The molecule has 0 aliphatic rings. The molecule has 4 nitrogen and oxygen atoms in total. The number of hydrogen-bond acceptors (Lipinski definition) is 3. The van der Waals surface area contributed by atoms with Crippen molar-refractivity contribution >= 4 is 29.3 Å². The molecule has 2 N–H and O–H groups in total. The predicted molar refractivity (Wildman–Crippen MR) is 104 cm³/mol. The molecule has 132 valence electrons. The lowest BCUT2D eigenvalue weighted by Gasteiger charge is -2.23. The van der Waals surface area contributed by atoms with Crippen molar-refractivity contribution < 1.29 is 9.59 Å². The van der Waals surface area contributed by atoms with Crippen LogP contribution < -0.4 is 10.6 Å². The van der Waals surface area contributed by atoms with Gasteiger partial charge in [-0.2, -0.15) is 0 Å². The second kappa shape index (κ2) is 9.28. The van der Waals surface area contributed by atoms with Crippen molar-refractivity contribution in [2.24, 2.45) is 5.92 Å².